The van der Waals surface area contributed by atoms with Gasteiger partial charge in [0, 0.05) is 53.0 Å². The van der Waals surface area contributed by atoms with E-state index in [1.165, 1.54) is 6.26 Å². The molecule has 0 atom stereocenters. The lowest BCUT2D eigenvalue weighted by molar-refractivity contribution is 0.0781. The third kappa shape index (κ3) is 5.08. The van der Waals surface area contributed by atoms with Gasteiger partial charge >= 0.3 is 0 Å². The molecular formula is C30H33N7O4. The standard InChI is InChI=1S/C30H33N7O4/c1-17-25(28-31-10-11-41-28)34-29(33-15-18-6-8-22(39-4)14-24(18)40-5)37-27(17)35-26(36-37)20-12-19(13-20)23-9-7-21(16-32-23)30(2,3)38/h6-11,14,16,19-20,38H,12-13,15H2,1-5H3,(H,33,34)/t19-,20+. The predicted octanol–water partition coefficient (Wildman–Crippen LogP) is 5.00. The molecule has 0 bridgehead atoms. The van der Waals surface area contributed by atoms with Gasteiger partial charge in [0.2, 0.25) is 11.8 Å². The maximum atomic E-state index is 10.2. The normalized spacial score (nSPS) is 16.9. The highest BCUT2D eigenvalue weighted by atomic mass is 16.5. The number of aromatic nitrogens is 6. The van der Waals surface area contributed by atoms with Gasteiger partial charge < -0.3 is 24.3 Å². The number of anilines is 1. The second-order valence-electron chi connectivity index (χ2n) is 10.9. The van der Waals surface area contributed by atoms with Gasteiger partial charge in [0.25, 0.3) is 0 Å². The van der Waals surface area contributed by atoms with Crippen molar-refractivity contribution in [1.29, 1.82) is 0 Å². The fourth-order valence-electron chi connectivity index (χ4n) is 5.15. The molecule has 41 heavy (non-hydrogen) atoms. The summed E-state index contributed by atoms with van der Waals surface area (Å²) in [5.41, 5.74) is 3.99. The Bertz CT molecular complexity index is 1670. The van der Waals surface area contributed by atoms with E-state index < -0.39 is 5.60 Å². The van der Waals surface area contributed by atoms with Crippen LogP contribution in [0.3, 0.4) is 0 Å². The summed E-state index contributed by atoms with van der Waals surface area (Å²) in [5, 5.41) is 18.5. The molecule has 5 aromatic rings. The van der Waals surface area contributed by atoms with E-state index in [9.17, 15) is 5.11 Å². The molecular weight excluding hydrogens is 522 g/mol. The number of oxazole rings is 1. The molecule has 1 saturated carbocycles. The zero-order chi connectivity index (χ0) is 28.7. The molecule has 4 heterocycles. The smallest absolute Gasteiger partial charge is 0.245 e. The second kappa shape index (κ2) is 10.5. The van der Waals surface area contributed by atoms with Gasteiger partial charge in [0.1, 0.15) is 23.5 Å². The Kier molecular flexibility index (Phi) is 6.82. The van der Waals surface area contributed by atoms with Crippen LogP contribution < -0.4 is 14.8 Å². The van der Waals surface area contributed by atoms with Gasteiger partial charge in [-0.3, -0.25) is 4.98 Å². The van der Waals surface area contributed by atoms with Crippen molar-refractivity contribution in [3.05, 3.63) is 77.2 Å². The van der Waals surface area contributed by atoms with E-state index in [1.807, 2.05) is 37.3 Å². The van der Waals surface area contributed by atoms with Crippen molar-refractivity contribution in [2.75, 3.05) is 19.5 Å². The number of hydrogen-bond acceptors (Lipinski definition) is 10. The zero-order valence-electron chi connectivity index (χ0n) is 23.8. The molecule has 0 unspecified atom stereocenters. The van der Waals surface area contributed by atoms with E-state index in [0.717, 1.165) is 46.8 Å². The molecule has 0 spiro atoms. The summed E-state index contributed by atoms with van der Waals surface area (Å²) in [6, 6.07) is 9.66. The fraction of sp³-hybridized carbons (Fsp3) is 0.367. The summed E-state index contributed by atoms with van der Waals surface area (Å²) in [6.07, 6.45) is 6.69. The summed E-state index contributed by atoms with van der Waals surface area (Å²) >= 11 is 0. The van der Waals surface area contributed by atoms with Gasteiger partial charge in [-0.05, 0) is 51.8 Å². The Morgan fingerprint density at radius 2 is 1.90 bits per heavy atom. The van der Waals surface area contributed by atoms with Crippen molar-refractivity contribution >= 4 is 11.6 Å². The minimum Gasteiger partial charge on any atom is -0.497 e. The maximum absolute atomic E-state index is 10.2. The molecule has 0 amide bonds. The number of nitrogens with zero attached hydrogens (tertiary/aromatic N) is 6. The first kappa shape index (κ1) is 26.7. The Morgan fingerprint density at radius 3 is 2.56 bits per heavy atom. The van der Waals surface area contributed by atoms with Crippen molar-refractivity contribution in [2.24, 2.45) is 0 Å². The van der Waals surface area contributed by atoms with Crippen LogP contribution in [0.1, 0.15) is 66.7 Å². The van der Waals surface area contributed by atoms with Crippen LogP contribution in [0.15, 0.2) is 53.4 Å². The van der Waals surface area contributed by atoms with Gasteiger partial charge in [0.05, 0.1) is 26.0 Å². The first-order chi connectivity index (χ1) is 19.7. The summed E-state index contributed by atoms with van der Waals surface area (Å²) in [5.74, 6) is 3.67. The topological polar surface area (TPSA) is 133 Å². The Morgan fingerprint density at radius 1 is 1.07 bits per heavy atom. The van der Waals surface area contributed by atoms with Crippen molar-refractivity contribution in [2.45, 2.75) is 57.6 Å². The first-order valence-corrected chi connectivity index (χ1v) is 13.6. The average molecular weight is 556 g/mol. The number of pyridine rings is 1. The molecule has 2 N–H and O–H groups in total. The van der Waals surface area contributed by atoms with Crippen molar-refractivity contribution < 1.29 is 19.0 Å². The van der Waals surface area contributed by atoms with Crippen LogP contribution >= 0.6 is 0 Å². The minimum atomic E-state index is -0.908. The summed E-state index contributed by atoms with van der Waals surface area (Å²) in [6.45, 7) is 5.92. The highest BCUT2D eigenvalue weighted by Gasteiger charge is 2.36. The third-order valence-corrected chi connectivity index (χ3v) is 7.71. The Hall–Kier alpha value is -4.51. The minimum absolute atomic E-state index is 0.203. The molecule has 1 aliphatic carbocycles. The highest BCUT2D eigenvalue weighted by Crippen LogP contribution is 2.46. The molecule has 11 heteroatoms. The SMILES string of the molecule is COc1ccc(CNc2nc(-c3ncco3)c(C)c3nc([C@H]4C[C@@H](c5ccc(C(C)(C)O)cn5)C4)nn23)c(OC)c1. The van der Waals surface area contributed by atoms with Crippen molar-refractivity contribution in [3.8, 4) is 23.1 Å². The summed E-state index contributed by atoms with van der Waals surface area (Å²) in [7, 11) is 3.26. The molecule has 0 radical (unpaired) electrons. The largest absolute Gasteiger partial charge is 0.497 e. The molecule has 4 aromatic heterocycles. The van der Waals surface area contributed by atoms with E-state index in [0.29, 0.717) is 41.4 Å². The quantitative estimate of drug-likeness (QED) is 0.256. The number of fused-ring (bicyclic) bond motifs is 1. The number of nitrogens with one attached hydrogen (secondary N) is 1. The Balaban J connectivity index is 1.28. The number of benzene rings is 1. The van der Waals surface area contributed by atoms with Crippen LogP contribution in [0.25, 0.3) is 17.2 Å². The van der Waals surface area contributed by atoms with E-state index in [1.54, 1.807) is 45.0 Å². The highest BCUT2D eigenvalue weighted by molar-refractivity contribution is 5.66. The number of methoxy groups -OCH3 is 2. The van der Waals surface area contributed by atoms with E-state index in [-0.39, 0.29) is 5.92 Å². The van der Waals surface area contributed by atoms with Crippen LogP contribution in [-0.2, 0) is 12.1 Å². The van der Waals surface area contributed by atoms with Gasteiger partial charge in [-0.25, -0.2) is 15.0 Å². The molecule has 11 nitrogen and oxygen atoms in total. The predicted molar refractivity (Wildman–Crippen MR) is 152 cm³/mol. The number of hydrogen-bond donors (Lipinski definition) is 2. The number of aryl methyl sites for hydroxylation is 1. The fourth-order valence-corrected chi connectivity index (χ4v) is 5.15. The van der Waals surface area contributed by atoms with E-state index in [2.05, 4.69) is 15.3 Å². The van der Waals surface area contributed by atoms with E-state index in [4.69, 9.17) is 29.0 Å². The Labute approximate surface area is 237 Å². The monoisotopic (exact) mass is 555 g/mol. The first-order valence-electron chi connectivity index (χ1n) is 13.6. The summed E-state index contributed by atoms with van der Waals surface area (Å²) < 4.78 is 18.3. The van der Waals surface area contributed by atoms with Crippen molar-refractivity contribution in [3.63, 3.8) is 0 Å². The maximum Gasteiger partial charge on any atom is 0.245 e. The van der Waals surface area contributed by atoms with Crippen LogP contribution in [0.2, 0.25) is 0 Å². The molecule has 0 saturated heterocycles. The third-order valence-electron chi connectivity index (χ3n) is 7.71. The lowest BCUT2D eigenvalue weighted by atomic mass is 9.72. The second-order valence-corrected chi connectivity index (χ2v) is 10.9. The summed E-state index contributed by atoms with van der Waals surface area (Å²) in [4.78, 5) is 18.8. The van der Waals surface area contributed by atoms with Gasteiger partial charge in [-0.2, -0.15) is 4.52 Å². The van der Waals surface area contributed by atoms with E-state index >= 15 is 0 Å². The lowest BCUT2D eigenvalue weighted by Crippen LogP contribution is -2.23. The number of aliphatic hydroxyl groups is 1. The van der Waals surface area contributed by atoms with Crippen LogP contribution in [0, 0.1) is 6.92 Å². The van der Waals surface area contributed by atoms with Crippen LogP contribution in [0.4, 0.5) is 5.95 Å². The van der Waals surface area contributed by atoms with Gasteiger partial charge in [-0.1, -0.05) is 6.07 Å². The molecule has 6 rings (SSSR count). The van der Waals surface area contributed by atoms with Gasteiger partial charge in [0.15, 0.2) is 11.5 Å². The van der Waals surface area contributed by atoms with Gasteiger partial charge in [-0.15, -0.1) is 5.10 Å². The average Bonchev–Trinajstić information content (AvgIpc) is 3.63. The molecule has 1 aromatic carbocycles. The number of ether oxygens (including phenoxy) is 2. The zero-order valence-corrected chi connectivity index (χ0v) is 23.8. The number of rotatable bonds is 9. The van der Waals surface area contributed by atoms with Crippen LogP contribution in [-0.4, -0.2) is 48.9 Å². The molecule has 1 aliphatic rings. The lowest BCUT2D eigenvalue weighted by Gasteiger charge is -2.33. The van der Waals surface area contributed by atoms with Crippen LogP contribution in [0.5, 0.6) is 11.5 Å². The molecule has 0 aliphatic heterocycles. The van der Waals surface area contributed by atoms with Crippen molar-refractivity contribution in [1.82, 2.24) is 29.5 Å². The molecule has 1 fully saturated rings. The molecule has 212 valence electrons.